The lowest BCUT2D eigenvalue weighted by Crippen LogP contribution is -2.45. The van der Waals surface area contributed by atoms with Crippen molar-refractivity contribution >= 4 is 5.91 Å². The van der Waals surface area contributed by atoms with Gasteiger partial charge < -0.3 is 14.6 Å². The molecule has 0 aliphatic carbocycles. The fourth-order valence-electron chi connectivity index (χ4n) is 3.04. The lowest BCUT2D eigenvalue weighted by atomic mass is 10.1. The number of nitrogens with one attached hydrogen (secondary N) is 1. The molecule has 128 valence electrons. The van der Waals surface area contributed by atoms with Crippen LogP contribution in [0.2, 0.25) is 0 Å². The van der Waals surface area contributed by atoms with Crippen molar-refractivity contribution in [3.05, 3.63) is 42.1 Å². The molecule has 0 spiro atoms. The van der Waals surface area contributed by atoms with Crippen LogP contribution in [0.5, 0.6) is 5.88 Å². The van der Waals surface area contributed by atoms with E-state index in [1.54, 1.807) is 19.6 Å². The Kier molecular flexibility index (Phi) is 4.80. The highest BCUT2D eigenvalue weighted by Gasteiger charge is 2.30. The molecule has 2 aromatic rings. The summed E-state index contributed by atoms with van der Waals surface area (Å²) in [7, 11) is 1.62. The molecular weight excluding hydrogens is 306 g/mol. The van der Waals surface area contributed by atoms with E-state index in [1.165, 1.54) is 0 Å². The van der Waals surface area contributed by atoms with Crippen LogP contribution in [0.3, 0.4) is 0 Å². The maximum atomic E-state index is 12.6. The summed E-state index contributed by atoms with van der Waals surface area (Å²) in [5, 5.41) is 3.00. The van der Waals surface area contributed by atoms with Crippen molar-refractivity contribution in [3.8, 4) is 5.88 Å². The average molecular weight is 329 g/mol. The van der Waals surface area contributed by atoms with E-state index in [-0.39, 0.29) is 18.0 Å². The molecule has 0 saturated heterocycles. The van der Waals surface area contributed by atoms with E-state index >= 15 is 0 Å². The minimum Gasteiger partial charge on any atom is -0.481 e. The number of ether oxygens (including phenoxy) is 1. The maximum Gasteiger partial charge on any atom is 0.244 e. The lowest BCUT2D eigenvalue weighted by molar-refractivity contribution is -0.126. The highest BCUT2D eigenvalue weighted by molar-refractivity contribution is 5.81. The number of pyridine rings is 1. The van der Waals surface area contributed by atoms with Gasteiger partial charge in [-0.05, 0) is 19.9 Å². The van der Waals surface area contributed by atoms with E-state index in [1.807, 2.05) is 36.7 Å². The molecule has 1 aliphatic heterocycles. The molecule has 1 amide bonds. The number of fused-ring (bicyclic) bond motifs is 1. The molecule has 3 heterocycles. The monoisotopic (exact) mass is 329 g/mol. The van der Waals surface area contributed by atoms with Gasteiger partial charge in [-0.3, -0.25) is 9.69 Å². The fourth-order valence-corrected chi connectivity index (χ4v) is 3.04. The van der Waals surface area contributed by atoms with E-state index in [0.717, 1.165) is 17.8 Å². The standard InChI is InChI=1S/C17H23N5O2/c1-12(2)20-16(23)15-10-21(9-14-7-18-11-22(14)15)8-13-5-4-6-19-17(13)24-3/h4-7,11-12,15H,8-10H2,1-3H3,(H,20,23)/t15-/m0/s1. The Morgan fingerprint density at radius 3 is 3.08 bits per heavy atom. The van der Waals surface area contributed by atoms with Crippen molar-refractivity contribution in [2.75, 3.05) is 13.7 Å². The smallest absolute Gasteiger partial charge is 0.244 e. The molecular formula is C17H23N5O2. The number of imidazole rings is 1. The third kappa shape index (κ3) is 3.41. The number of rotatable bonds is 5. The molecule has 2 aromatic heterocycles. The van der Waals surface area contributed by atoms with Crippen LogP contribution in [0.4, 0.5) is 0 Å². The first kappa shape index (κ1) is 16.4. The van der Waals surface area contributed by atoms with Crippen molar-refractivity contribution in [3.63, 3.8) is 0 Å². The van der Waals surface area contributed by atoms with Crippen molar-refractivity contribution in [1.29, 1.82) is 0 Å². The van der Waals surface area contributed by atoms with E-state index in [9.17, 15) is 4.79 Å². The van der Waals surface area contributed by atoms with Gasteiger partial charge in [-0.2, -0.15) is 0 Å². The molecule has 0 saturated carbocycles. The number of hydrogen-bond donors (Lipinski definition) is 1. The predicted octanol–water partition coefficient (Wildman–Crippen LogP) is 1.37. The quantitative estimate of drug-likeness (QED) is 0.897. The van der Waals surface area contributed by atoms with Gasteiger partial charge in [0.15, 0.2) is 0 Å². The Labute approximate surface area is 141 Å². The van der Waals surface area contributed by atoms with Gasteiger partial charge in [0.2, 0.25) is 11.8 Å². The van der Waals surface area contributed by atoms with Gasteiger partial charge in [-0.15, -0.1) is 0 Å². The Balaban J connectivity index is 1.81. The molecule has 0 unspecified atom stereocenters. The van der Waals surface area contributed by atoms with Gasteiger partial charge in [-0.25, -0.2) is 9.97 Å². The number of carbonyl (C=O) groups excluding carboxylic acids is 1. The van der Waals surface area contributed by atoms with Gasteiger partial charge in [-0.1, -0.05) is 6.07 Å². The summed E-state index contributed by atoms with van der Waals surface area (Å²) in [6.07, 6.45) is 5.27. The lowest BCUT2D eigenvalue weighted by Gasteiger charge is -2.34. The third-order valence-corrected chi connectivity index (χ3v) is 4.07. The number of carbonyl (C=O) groups is 1. The molecule has 0 fully saturated rings. The minimum absolute atomic E-state index is 0.0205. The molecule has 1 N–H and O–H groups in total. The van der Waals surface area contributed by atoms with Gasteiger partial charge in [0.25, 0.3) is 0 Å². The van der Waals surface area contributed by atoms with Gasteiger partial charge in [0.1, 0.15) is 6.04 Å². The molecule has 3 rings (SSSR count). The first-order chi connectivity index (χ1) is 11.6. The first-order valence-electron chi connectivity index (χ1n) is 8.09. The SMILES string of the molecule is COc1ncccc1CN1Cc2cncn2[C@H](C(=O)NC(C)C)C1. The van der Waals surface area contributed by atoms with Crippen LogP contribution < -0.4 is 10.1 Å². The van der Waals surface area contributed by atoms with Crippen LogP contribution >= 0.6 is 0 Å². The Morgan fingerprint density at radius 1 is 1.50 bits per heavy atom. The number of aromatic nitrogens is 3. The zero-order valence-electron chi connectivity index (χ0n) is 14.3. The summed E-state index contributed by atoms with van der Waals surface area (Å²) in [6, 6.07) is 3.73. The predicted molar refractivity (Wildman–Crippen MR) is 89.4 cm³/mol. The largest absolute Gasteiger partial charge is 0.481 e. The normalized spacial score (nSPS) is 17.6. The van der Waals surface area contributed by atoms with Crippen molar-refractivity contribution < 1.29 is 9.53 Å². The summed E-state index contributed by atoms with van der Waals surface area (Å²) in [5.41, 5.74) is 2.05. The van der Waals surface area contributed by atoms with Crippen LogP contribution in [-0.4, -0.2) is 45.0 Å². The molecule has 24 heavy (non-hydrogen) atoms. The zero-order chi connectivity index (χ0) is 17.1. The maximum absolute atomic E-state index is 12.6. The van der Waals surface area contributed by atoms with Crippen LogP contribution in [0.15, 0.2) is 30.9 Å². The van der Waals surface area contributed by atoms with Crippen molar-refractivity contribution in [2.24, 2.45) is 0 Å². The molecule has 0 radical (unpaired) electrons. The van der Waals surface area contributed by atoms with E-state index < -0.39 is 0 Å². The molecule has 1 aliphatic rings. The summed E-state index contributed by atoms with van der Waals surface area (Å²) in [4.78, 5) is 23.2. The number of hydrogen-bond acceptors (Lipinski definition) is 5. The van der Waals surface area contributed by atoms with Crippen LogP contribution in [0, 0.1) is 0 Å². The molecule has 0 aromatic carbocycles. The van der Waals surface area contributed by atoms with Crippen molar-refractivity contribution in [2.45, 2.75) is 39.0 Å². The molecule has 7 nitrogen and oxygen atoms in total. The highest BCUT2D eigenvalue weighted by Crippen LogP contribution is 2.25. The van der Waals surface area contributed by atoms with Crippen LogP contribution in [0.25, 0.3) is 0 Å². The van der Waals surface area contributed by atoms with E-state index in [2.05, 4.69) is 20.2 Å². The average Bonchev–Trinajstić information content (AvgIpc) is 3.02. The third-order valence-electron chi connectivity index (χ3n) is 4.07. The van der Waals surface area contributed by atoms with Crippen LogP contribution in [-0.2, 0) is 17.9 Å². The zero-order valence-corrected chi connectivity index (χ0v) is 14.3. The fraction of sp³-hybridized carbons (Fsp3) is 0.471. The molecule has 1 atom stereocenters. The second-order valence-electron chi connectivity index (χ2n) is 6.31. The van der Waals surface area contributed by atoms with Gasteiger partial charge >= 0.3 is 0 Å². The Bertz CT molecular complexity index is 713. The van der Waals surface area contributed by atoms with E-state index in [0.29, 0.717) is 19.0 Å². The van der Waals surface area contributed by atoms with E-state index in [4.69, 9.17) is 4.74 Å². The summed E-state index contributed by atoms with van der Waals surface area (Å²) >= 11 is 0. The number of methoxy groups -OCH3 is 1. The van der Waals surface area contributed by atoms with Gasteiger partial charge in [0, 0.05) is 43.6 Å². The topological polar surface area (TPSA) is 72.3 Å². The highest BCUT2D eigenvalue weighted by atomic mass is 16.5. The van der Waals surface area contributed by atoms with Crippen molar-refractivity contribution in [1.82, 2.24) is 24.8 Å². The second-order valence-corrected chi connectivity index (χ2v) is 6.31. The Hall–Kier alpha value is -2.41. The second kappa shape index (κ2) is 7.00. The first-order valence-corrected chi connectivity index (χ1v) is 8.09. The molecule has 0 bridgehead atoms. The summed E-state index contributed by atoms with van der Waals surface area (Å²) in [5.74, 6) is 0.645. The molecule has 7 heteroatoms. The minimum atomic E-state index is -0.277. The summed E-state index contributed by atoms with van der Waals surface area (Å²) < 4.78 is 7.30. The number of amides is 1. The summed E-state index contributed by atoms with van der Waals surface area (Å²) in [6.45, 7) is 5.97. The number of nitrogens with zero attached hydrogens (tertiary/aromatic N) is 4. The Morgan fingerprint density at radius 2 is 2.33 bits per heavy atom. The van der Waals surface area contributed by atoms with Crippen LogP contribution in [0.1, 0.15) is 31.1 Å². The van der Waals surface area contributed by atoms with Gasteiger partial charge in [0.05, 0.1) is 19.1 Å².